The Hall–Kier alpha value is -2.36. The molecule has 2 atom stereocenters. The standard InChI is InChI=1S/C23H24ClNO2/c1-15(2)22(18-11-13-19(24)14-12-18)23(26)27-25-16(3)20-10-6-8-17-7-4-5-9-21(17)20/h4-16,22,25H,1-3H3/t16?,22-/m0/s1. The molecule has 1 unspecified atom stereocenters. The second-order valence-electron chi connectivity index (χ2n) is 7.10. The summed E-state index contributed by atoms with van der Waals surface area (Å²) in [5.41, 5.74) is 4.92. The van der Waals surface area contributed by atoms with Gasteiger partial charge in [0.1, 0.15) is 0 Å². The number of benzene rings is 3. The minimum atomic E-state index is -0.352. The Balaban J connectivity index is 1.74. The maximum Gasteiger partial charge on any atom is 0.332 e. The van der Waals surface area contributed by atoms with E-state index in [2.05, 4.69) is 23.7 Å². The van der Waals surface area contributed by atoms with Crippen LogP contribution in [0.4, 0.5) is 0 Å². The molecule has 3 nitrogen and oxygen atoms in total. The van der Waals surface area contributed by atoms with Crippen LogP contribution in [-0.2, 0) is 9.63 Å². The average Bonchev–Trinajstić information content (AvgIpc) is 2.67. The van der Waals surface area contributed by atoms with Crippen LogP contribution in [0.3, 0.4) is 0 Å². The predicted molar refractivity (Wildman–Crippen MR) is 111 cm³/mol. The first-order valence-corrected chi connectivity index (χ1v) is 9.54. The van der Waals surface area contributed by atoms with Gasteiger partial charge in [-0.15, -0.1) is 5.48 Å². The molecule has 0 aromatic heterocycles. The molecule has 0 saturated carbocycles. The lowest BCUT2D eigenvalue weighted by atomic mass is 9.89. The van der Waals surface area contributed by atoms with Crippen LogP contribution in [0.1, 0.15) is 43.9 Å². The first-order valence-electron chi connectivity index (χ1n) is 9.16. The molecule has 3 aromatic carbocycles. The highest BCUT2D eigenvalue weighted by Gasteiger charge is 2.26. The third kappa shape index (κ3) is 4.49. The van der Waals surface area contributed by atoms with E-state index in [1.807, 2.05) is 57.2 Å². The van der Waals surface area contributed by atoms with Crippen molar-refractivity contribution in [1.82, 2.24) is 5.48 Å². The molecule has 0 bridgehead atoms. The fourth-order valence-corrected chi connectivity index (χ4v) is 3.49. The van der Waals surface area contributed by atoms with Crippen molar-refractivity contribution in [2.75, 3.05) is 0 Å². The lowest BCUT2D eigenvalue weighted by Gasteiger charge is -2.22. The zero-order chi connectivity index (χ0) is 19.4. The molecule has 1 N–H and O–H groups in total. The summed E-state index contributed by atoms with van der Waals surface area (Å²) in [5.74, 6) is -0.540. The first-order chi connectivity index (χ1) is 13.0. The Morgan fingerprint density at radius 1 is 0.926 bits per heavy atom. The third-order valence-electron chi connectivity index (χ3n) is 4.78. The van der Waals surface area contributed by atoms with Crippen molar-refractivity contribution in [2.24, 2.45) is 5.92 Å². The molecular formula is C23H24ClNO2. The van der Waals surface area contributed by atoms with Gasteiger partial charge in [-0.05, 0) is 46.9 Å². The normalized spacial score (nSPS) is 13.5. The molecular weight excluding hydrogens is 358 g/mol. The number of halogens is 1. The minimum absolute atomic E-state index is 0.105. The molecule has 3 rings (SSSR count). The summed E-state index contributed by atoms with van der Waals surface area (Å²) in [6.07, 6.45) is 0. The van der Waals surface area contributed by atoms with Crippen LogP contribution in [0.2, 0.25) is 5.02 Å². The summed E-state index contributed by atoms with van der Waals surface area (Å²) in [4.78, 5) is 18.2. The number of nitrogens with one attached hydrogen (secondary N) is 1. The Bertz CT molecular complexity index is 916. The molecule has 0 aliphatic heterocycles. The fourth-order valence-electron chi connectivity index (χ4n) is 3.36. The number of rotatable bonds is 6. The lowest BCUT2D eigenvalue weighted by Crippen LogP contribution is -2.29. The van der Waals surface area contributed by atoms with E-state index >= 15 is 0 Å². The number of carbonyl (C=O) groups excluding carboxylic acids is 1. The van der Waals surface area contributed by atoms with Crippen LogP contribution in [0, 0.1) is 5.92 Å². The lowest BCUT2D eigenvalue weighted by molar-refractivity contribution is -0.156. The summed E-state index contributed by atoms with van der Waals surface area (Å²) in [6.45, 7) is 6.01. The molecule has 4 heteroatoms. The van der Waals surface area contributed by atoms with Crippen molar-refractivity contribution >= 4 is 28.3 Å². The molecule has 27 heavy (non-hydrogen) atoms. The zero-order valence-electron chi connectivity index (χ0n) is 15.8. The molecule has 0 amide bonds. The summed E-state index contributed by atoms with van der Waals surface area (Å²) in [6, 6.07) is 21.5. The molecule has 0 radical (unpaired) electrons. The second-order valence-corrected chi connectivity index (χ2v) is 7.54. The number of hydrogen-bond donors (Lipinski definition) is 1. The van der Waals surface area contributed by atoms with Crippen LogP contribution < -0.4 is 5.48 Å². The minimum Gasteiger partial charge on any atom is -0.369 e. The third-order valence-corrected chi connectivity index (χ3v) is 5.03. The van der Waals surface area contributed by atoms with Gasteiger partial charge in [0.2, 0.25) is 0 Å². The molecule has 3 aromatic rings. The van der Waals surface area contributed by atoms with E-state index in [0.717, 1.165) is 21.9 Å². The molecule has 0 heterocycles. The molecule has 0 spiro atoms. The van der Waals surface area contributed by atoms with Gasteiger partial charge >= 0.3 is 5.97 Å². The summed E-state index contributed by atoms with van der Waals surface area (Å²) >= 11 is 5.97. The van der Waals surface area contributed by atoms with Crippen LogP contribution in [-0.4, -0.2) is 5.97 Å². The molecule has 0 aliphatic rings. The van der Waals surface area contributed by atoms with Gasteiger partial charge < -0.3 is 4.84 Å². The second kappa shape index (κ2) is 8.55. The first kappa shape index (κ1) is 19.4. The predicted octanol–water partition coefficient (Wildman–Crippen LogP) is 6.04. The molecule has 140 valence electrons. The highest BCUT2D eigenvalue weighted by molar-refractivity contribution is 6.30. The number of fused-ring (bicyclic) bond motifs is 1. The maximum absolute atomic E-state index is 12.8. The van der Waals surface area contributed by atoms with E-state index in [1.165, 1.54) is 0 Å². The summed E-state index contributed by atoms with van der Waals surface area (Å²) in [7, 11) is 0. The number of hydrogen-bond acceptors (Lipinski definition) is 3. The van der Waals surface area contributed by atoms with Crippen molar-refractivity contribution in [3.8, 4) is 0 Å². The van der Waals surface area contributed by atoms with E-state index in [1.54, 1.807) is 12.1 Å². The smallest absolute Gasteiger partial charge is 0.332 e. The van der Waals surface area contributed by atoms with Gasteiger partial charge in [-0.1, -0.05) is 80.0 Å². The summed E-state index contributed by atoms with van der Waals surface area (Å²) in [5, 5.41) is 2.96. The zero-order valence-corrected chi connectivity index (χ0v) is 16.5. The van der Waals surface area contributed by atoms with E-state index < -0.39 is 0 Å². The average molecular weight is 382 g/mol. The van der Waals surface area contributed by atoms with E-state index in [0.29, 0.717) is 5.02 Å². The maximum atomic E-state index is 12.8. The molecule has 0 saturated heterocycles. The topological polar surface area (TPSA) is 38.3 Å². The monoisotopic (exact) mass is 381 g/mol. The highest BCUT2D eigenvalue weighted by atomic mass is 35.5. The van der Waals surface area contributed by atoms with Crippen molar-refractivity contribution in [3.05, 3.63) is 82.9 Å². The van der Waals surface area contributed by atoms with Crippen molar-refractivity contribution < 1.29 is 9.63 Å². The SMILES string of the molecule is CC(NOC(=O)[C@H](c1ccc(Cl)cc1)C(C)C)c1cccc2ccccc12. The Labute approximate surface area is 165 Å². The van der Waals surface area contributed by atoms with E-state index in [-0.39, 0.29) is 23.8 Å². The van der Waals surface area contributed by atoms with Crippen molar-refractivity contribution in [3.63, 3.8) is 0 Å². The molecule has 0 fully saturated rings. The van der Waals surface area contributed by atoms with Gasteiger partial charge in [0.15, 0.2) is 0 Å². The van der Waals surface area contributed by atoms with Gasteiger partial charge in [-0.3, -0.25) is 0 Å². The van der Waals surface area contributed by atoms with E-state index in [4.69, 9.17) is 16.4 Å². The van der Waals surface area contributed by atoms with Crippen molar-refractivity contribution in [2.45, 2.75) is 32.7 Å². The Morgan fingerprint density at radius 2 is 1.59 bits per heavy atom. The van der Waals surface area contributed by atoms with Crippen LogP contribution in [0.25, 0.3) is 10.8 Å². The van der Waals surface area contributed by atoms with Crippen molar-refractivity contribution in [1.29, 1.82) is 0 Å². The number of carbonyl (C=O) groups is 1. The van der Waals surface area contributed by atoms with Gasteiger partial charge in [0, 0.05) is 5.02 Å². The largest absolute Gasteiger partial charge is 0.369 e. The Morgan fingerprint density at radius 3 is 2.30 bits per heavy atom. The highest BCUT2D eigenvalue weighted by Crippen LogP contribution is 2.28. The van der Waals surface area contributed by atoms with Gasteiger partial charge in [-0.25, -0.2) is 4.79 Å². The van der Waals surface area contributed by atoms with Crippen LogP contribution >= 0.6 is 11.6 Å². The van der Waals surface area contributed by atoms with Gasteiger partial charge in [0.05, 0.1) is 12.0 Å². The number of hydroxylamine groups is 1. The van der Waals surface area contributed by atoms with E-state index in [9.17, 15) is 4.79 Å². The molecule has 0 aliphatic carbocycles. The fraction of sp³-hybridized carbons (Fsp3) is 0.261. The van der Waals surface area contributed by atoms with Crippen LogP contribution in [0.5, 0.6) is 0 Å². The van der Waals surface area contributed by atoms with Gasteiger partial charge in [0.25, 0.3) is 0 Å². The quantitative estimate of drug-likeness (QED) is 0.529. The van der Waals surface area contributed by atoms with Crippen LogP contribution in [0.15, 0.2) is 66.7 Å². The van der Waals surface area contributed by atoms with Gasteiger partial charge in [-0.2, -0.15) is 0 Å². The summed E-state index contributed by atoms with van der Waals surface area (Å²) < 4.78 is 0. The Kier molecular flexibility index (Phi) is 6.15.